The Morgan fingerprint density at radius 2 is 2.05 bits per heavy atom. The number of pyridine rings is 1. The van der Waals surface area contributed by atoms with Crippen LogP contribution >= 0.6 is 11.3 Å². The molecule has 2 heterocycles. The smallest absolute Gasteiger partial charge is 0.137 e. The van der Waals surface area contributed by atoms with Gasteiger partial charge in [0, 0.05) is 21.5 Å². The molecule has 2 aromatic heterocycles. The summed E-state index contributed by atoms with van der Waals surface area (Å²) >= 11 is 1.75. The van der Waals surface area contributed by atoms with E-state index < -0.39 is 6.10 Å². The molecule has 0 bridgehead atoms. The summed E-state index contributed by atoms with van der Waals surface area (Å²) in [5, 5.41) is 10.5. The van der Waals surface area contributed by atoms with E-state index in [2.05, 4.69) is 11.1 Å². The average molecular weight is 289 g/mol. The quantitative estimate of drug-likeness (QED) is 0.879. The zero-order valence-corrected chi connectivity index (χ0v) is 12.4. The van der Waals surface area contributed by atoms with E-state index in [1.54, 1.807) is 30.8 Å². The minimum absolute atomic E-state index is 0.602. The first kappa shape index (κ1) is 13.6. The second-order valence-electron chi connectivity index (χ2n) is 5.22. The fraction of sp³-hybridized carbons (Fsp3) is 0.438. The van der Waals surface area contributed by atoms with E-state index in [1.807, 2.05) is 6.07 Å². The summed E-state index contributed by atoms with van der Waals surface area (Å²) in [6.07, 6.45) is 8.91. The van der Waals surface area contributed by atoms with Gasteiger partial charge in [-0.25, -0.2) is 0 Å². The van der Waals surface area contributed by atoms with Crippen LogP contribution in [0.4, 0.5) is 0 Å². The predicted octanol–water partition coefficient (Wildman–Crippen LogP) is 3.50. The molecule has 1 unspecified atom stereocenters. The highest BCUT2D eigenvalue weighted by Crippen LogP contribution is 2.35. The number of aliphatic hydroxyl groups excluding tert-OH is 1. The molecule has 106 valence electrons. The van der Waals surface area contributed by atoms with E-state index in [0.717, 1.165) is 23.3 Å². The normalized spacial score (nSPS) is 16.3. The van der Waals surface area contributed by atoms with Gasteiger partial charge in [0.25, 0.3) is 0 Å². The fourth-order valence-electron chi connectivity index (χ4n) is 2.69. The van der Waals surface area contributed by atoms with Crippen LogP contribution < -0.4 is 4.74 Å². The van der Waals surface area contributed by atoms with E-state index in [-0.39, 0.29) is 0 Å². The van der Waals surface area contributed by atoms with Gasteiger partial charge < -0.3 is 9.84 Å². The Hall–Kier alpha value is -1.39. The standard InChI is InChI=1S/C16H19NO2S/c1-19-13-7-12(9-17-10-13)16(18)15-8-11-5-3-2-4-6-14(11)20-15/h7-10,16,18H,2-6H2,1H3. The maximum Gasteiger partial charge on any atom is 0.137 e. The molecule has 1 aliphatic rings. The van der Waals surface area contributed by atoms with Crippen LogP contribution in [0.25, 0.3) is 0 Å². The number of fused-ring (bicyclic) bond motifs is 1. The monoisotopic (exact) mass is 289 g/mol. The molecule has 0 aliphatic heterocycles. The van der Waals surface area contributed by atoms with Crippen LogP contribution in [-0.4, -0.2) is 17.2 Å². The molecule has 0 aromatic carbocycles. The molecule has 4 heteroatoms. The van der Waals surface area contributed by atoms with Crippen LogP contribution in [0, 0.1) is 0 Å². The van der Waals surface area contributed by atoms with E-state index in [1.165, 1.54) is 29.7 Å². The Labute approximate surface area is 123 Å². The van der Waals surface area contributed by atoms with Crippen molar-refractivity contribution < 1.29 is 9.84 Å². The Balaban J connectivity index is 1.88. The van der Waals surface area contributed by atoms with Gasteiger partial charge in [-0.05, 0) is 43.4 Å². The van der Waals surface area contributed by atoms with Crippen molar-refractivity contribution in [2.24, 2.45) is 0 Å². The van der Waals surface area contributed by atoms with Crippen LogP contribution in [0.5, 0.6) is 5.75 Å². The van der Waals surface area contributed by atoms with Crippen molar-refractivity contribution in [1.82, 2.24) is 4.98 Å². The van der Waals surface area contributed by atoms with Crippen LogP contribution in [0.2, 0.25) is 0 Å². The molecule has 0 saturated carbocycles. The molecule has 1 atom stereocenters. The first-order chi connectivity index (χ1) is 9.78. The van der Waals surface area contributed by atoms with Crippen LogP contribution in [-0.2, 0) is 12.8 Å². The molecule has 2 aromatic rings. The van der Waals surface area contributed by atoms with Crippen LogP contribution in [0.15, 0.2) is 24.5 Å². The third-order valence-corrected chi connectivity index (χ3v) is 5.11. The zero-order valence-electron chi connectivity index (χ0n) is 11.6. The second kappa shape index (κ2) is 5.94. The summed E-state index contributed by atoms with van der Waals surface area (Å²) in [6, 6.07) is 4.03. The molecular weight excluding hydrogens is 270 g/mol. The lowest BCUT2D eigenvalue weighted by molar-refractivity contribution is 0.223. The Kier molecular flexibility index (Phi) is 4.03. The number of rotatable bonds is 3. The number of aryl methyl sites for hydroxylation is 2. The van der Waals surface area contributed by atoms with Gasteiger partial charge in [-0.2, -0.15) is 0 Å². The summed E-state index contributed by atoms with van der Waals surface area (Å²) in [4.78, 5) is 6.59. The number of thiophene rings is 1. The molecule has 0 fully saturated rings. The molecule has 1 aliphatic carbocycles. The summed E-state index contributed by atoms with van der Waals surface area (Å²) in [6.45, 7) is 0. The molecule has 1 N–H and O–H groups in total. The van der Waals surface area contributed by atoms with Crippen molar-refractivity contribution in [3.05, 3.63) is 45.4 Å². The number of aromatic nitrogens is 1. The van der Waals surface area contributed by atoms with Gasteiger partial charge in [-0.3, -0.25) is 4.98 Å². The summed E-state index contributed by atoms with van der Waals surface area (Å²) < 4.78 is 5.17. The molecule has 0 amide bonds. The topological polar surface area (TPSA) is 42.4 Å². The highest BCUT2D eigenvalue weighted by atomic mass is 32.1. The number of nitrogens with zero attached hydrogens (tertiary/aromatic N) is 1. The van der Waals surface area contributed by atoms with E-state index in [9.17, 15) is 5.11 Å². The number of hydrogen-bond acceptors (Lipinski definition) is 4. The number of hydrogen-bond donors (Lipinski definition) is 1. The van der Waals surface area contributed by atoms with Gasteiger partial charge in [0.1, 0.15) is 11.9 Å². The predicted molar refractivity (Wildman–Crippen MR) is 80.4 cm³/mol. The van der Waals surface area contributed by atoms with Crippen LogP contribution in [0.3, 0.4) is 0 Å². The van der Waals surface area contributed by atoms with Crippen molar-refractivity contribution in [1.29, 1.82) is 0 Å². The lowest BCUT2D eigenvalue weighted by Gasteiger charge is -2.09. The summed E-state index contributed by atoms with van der Waals surface area (Å²) in [5.74, 6) is 0.680. The van der Waals surface area contributed by atoms with Crippen molar-refractivity contribution in [3.8, 4) is 5.75 Å². The number of ether oxygens (including phenoxy) is 1. The Morgan fingerprint density at radius 3 is 2.90 bits per heavy atom. The van der Waals surface area contributed by atoms with Crippen molar-refractivity contribution >= 4 is 11.3 Å². The Bertz CT molecular complexity index is 570. The number of aliphatic hydroxyl groups is 1. The Morgan fingerprint density at radius 1 is 1.20 bits per heavy atom. The van der Waals surface area contributed by atoms with Crippen molar-refractivity contribution in [3.63, 3.8) is 0 Å². The van der Waals surface area contributed by atoms with E-state index in [4.69, 9.17) is 4.74 Å². The van der Waals surface area contributed by atoms with Gasteiger partial charge in [0.2, 0.25) is 0 Å². The second-order valence-corrected chi connectivity index (χ2v) is 6.39. The first-order valence-electron chi connectivity index (χ1n) is 7.06. The lowest BCUT2D eigenvalue weighted by Crippen LogP contribution is -1.98. The number of methoxy groups -OCH3 is 1. The van der Waals surface area contributed by atoms with Gasteiger partial charge in [-0.1, -0.05) is 6.42 Å². The summed E-state index contributed by atoms with van der Waals surface area (Å²) in [5.41, 5.74) is 2.22. The maximum atomic E-state index is 10.5. The SMILES string of the molecule is COc1cncc(C(O)c2cc3c(s2)CCCCC3)c1. The molecule has 3 nitrogen and oxygen atoms in total. The fourth-order valence-corrected chi connectivity index (χ4v) is 3.96. The third kappa shape index (κ3) is 2.72. The van der Waals surface area contributed by atoms with Crippen molar-refractivity contribution in [2.75, 3.05) is 7.11 Å². The largest absolute Gasteiger partial charge is 0.495 e. The average Bonchev–Trinajstić information content (AvgIpc) is 2.77. The van der Waals surface area contributed by atoms with Crippen LogP contribution in [0.1, 0.15) is 46.2 Å². The molecule has 3 rings (SSSR count). The van der Waals surface area contributed by atoms with Gasteiger partial charge in [0.15, 0.2) is 0 Å². The molecule has 0 radical (unpaired) electrons. The summed E-state index contributed by atoms with van der Waals surface area (Å²) in [7, 11) is 1.61. The van der Waals surface area contributed by atoms with E-state index >= 15 is 0 Å². The van der Waals surface area contributed by atoms with E-state index in [0.29, 0.717) is 5.75 Å². The minimum atomic E-state index is -0.602. The lowest BCUT2D eigenvalue weighted by atomic mass is 10.1. The van der Waals surface area contributed by atoms with Crippen molar-refractivity contribution in [2.45, 2.75) is 38.2 Å². The van der Waals surface area contributed by atoms with Gasteiger partial charge >= 0.3 is 0 Å². The van der Waals surface area contributed by atoms with Gasteiger partial charge in [-0.15, -0.1) is 11.3 Å². The third-order valence-electron chi connectivity index (χ3n) is 3.82. The maximum absolute atomic E-state index is 10.5. The zero-order chi connectivity index (χ0) is 13.9. The highest BCUT2D eigenvalue weighted by molar-refractivity contribution is 7.12. The minimum Gasteiger partial charge on any atom is -0.495 e. The highest BCUT2D eigenvalue weighted by Gasteiger charge is 2.18. The molecule has 0 spiro atoms. The molecule has 0 saturated heterocycles. The molecular formula is C16H19NO2S. The van der Waals surface area contributed by atoms with Gasteiger partial charge in [0.05, 0.1) is 13.3 Å². The first-order valence-corrected chi connectivity index (χ1v) is 7.88. The molecule has 20 heavy (non-hydrogen) atoms.